The van der Waals surface area contributed by atoms with Gasteiger partial charge in [-0.05, 0) is 83.5 Å². The molecule has 0 saturated carbocycles. The lowest BCUT2D eigenvalue weighted by Crippen LogP contribution is -2.30. The number of ether oxygens (including phenoxy) is 3. The number of carbonyl (C=O) groups excluding carboxylic acids is 3. The van der Waals surface area contributed by atoms with Gasteiger partial charge >= 0.3 is 17.9 Å². The third-order valence-corrected chi connectivity index (χ3v) is 15.3. The largest absolute Gasteiger partial charge is 0.462 e. The van der Waals surface area contributed by atoms with Gasteiger partial charge in [-0.3, -0.25) is 14.4 Å². The van der Waals surface area contributed by atoms with E-state index < -0.39 is 6.10 Å². The van der Waals surface area contributed by atoms with Crippen LogP contribution in [-0.2, 0) is 28.6 Å². The average molecular weight is 1090 g/mol. The molecule has 0 heterocycles. The molecule has 0 radical (unpaired) electrons. The van der Waals surface area contributed by atoms with Crippen molar-refractivity contribution in [1.82, 2.24) is 0 Å². The Labute approximate surface area is 485 Å². The van der Waals surface area contributed by atoms with Crippen LogP contribution < -0.4 is 0 Å². The Balaban J connectivity index is 4.16. The second-order valence-electron chi connectivity index (χ2n) is 23.1. The highest BCUT2D eigenvalue weighted by atomic mass is 16.6. The van der Waals surface area contributed by atoms with Crippen molar-refractivity contribution in [3.8, 4) is 0 Å². The van der Waals surface area contributed by atoms with Crippen molar-refractivity contribution < 1.29 is 28.6 Å². The Morgan fingerprint density at radius 2 is 0.500 bits per heavy atom. The fraction of sp³-hybridized carbons (Fsp3) is 0.819. The molecular formula is C72H130O6. The molecular weight excluding hydrogens is 961 g/mol. The number of unbranched alkanes of at least 4 members (excludes halogenated alkanes) is 42. The molecule has 6 nitrogen and oxygen atoms in total. The lowest BCUT2D eigenvalue weighted by Gasteiger charge is -2.18. The van der Waals surface area contributed by atoms with E-state index in [1.807, 2.05) is 0 Å². The first-order valence-electron chi connectivity index (χ1n) is 34.3. The van der Waals surface area contributed by atoms with Crippen molar-refractivity contribution in [2.75, 3.05) is 13.2 Å². The van der Waals surface area contributed by atoms with Crippen LogP contribution in [0.3, 0.4) is 0 Å². The van der Waals surface area contributed by atoms with E-state index in [4.69, 9.17) is 14.2 Å². The van der Waals surface area contributed by atoms with E-state index in [1.54, 1.807) is 0 Å². The first kappa shape index (κ1) is 75.1. The molecule has 0 amide bonds. The summed E-state index contributed by atoms with van der Waals surface area (Å²) in [7, 11) is 0. The van der Waals surface area contributed by atoms with Gasteiger partial charge in [0, 0.05) is 19.3 Å². The lowest BCUT2D eigenvalue weighted by atomic mass is 10.0. The number of allylic oxidation sites excluding steroid dienone is 10. The third-order valence-electron chi connectivity index (χ3n) is 15.3. The Bertz CT molecular complexity index is 1390. The predicted molar refractivity (Wildman–Crippen MR) is 339 cm³/mol. The van der Waals surface area contributed by atoms with Crippen LogP contribution in [-0.4, -0.2) is 37.2 Å². The summed E-state index contributed by atoms with van der Waals surface area (Å²) in [5.74, 6) is -0.872. The van der Waals surface area contributed by atoms with Gasteiger partial charge < -0.3 is 14.2 Å². The first-order valence-corrected chi connectivity index (χ1v) is 34.3. The van der Waals surface area contributed by atoms with Crippen molar-refractivity contribution in [1.29, 1.82) is 0 Å². The quantitative estimate of drug-likeness (QED) is 0.0261. The van der Waals surface area contributed by atoms with Crippen molar-refractivity contribution in [3.63, 3.8) is 0 Å². The van der Waals surface area contributed by atoms with Crippen molar-refractivity contribution in [2.24, 2.45) is 0 Å². The van der Waals surface area contributed by atoms with Gasteiger partial charge in [0.2, 0.25) is 0 Å². The van der Waals surface area contributed by atoms with Crippen LogP contribution in [0.2, 0.25) is 0 Å². The van der Waals surface area contributed by atoms with Gasteiger partial charge in [-0.1, -0.05) is 319 Å². The maximum absolute atomic E-state index is 12.9. The molecule has 0 aliphatic heterocycles. The molecule has 1 unspecified atom stereocenters. The fourth-order valence-electron chi connectivity index (χ4n) is 10.1. The number of rotatable bonds is 63. The number of hydrogen-bond donors (Lipinski definition) is 0. The molecule has 0 aliphatic rings. The first-order chi connectivity index (χ1) is 38.5. The van der Waals surface area contributed by atoms with Crippen LogP contribution in [0.1, 0.15) is 361 Å². The molecule has 0 bridgehead atoms. The van der Waals surface area contributed by atoms with Crippen LogP contribution in [0.5, 0.6) is 0 Å². The van der Waals surface area contributed by atoms with Crippen LogP contribution in [0.4, 0.5) is 0 Å². The zero-order chi connectivity index (χ0) is 56.4. The van der Waals surface area contributed by atoms with Crippen molar-refractivity contribution >= 4 is 17.9 Å². The molecule has 0 aromatic heterocycles. The van der Waals surface area contributed by atoms with E-state index in [2.05, 4.69) is 81.5 Å². The van der Waals surface area contributed by atoms with E-state index in [0.717, 1.165) is 103 Å². The molecule has 0 aromatic carbocycles. The molecule has 6 heteroatoms. The Kier molecular flexibility index (Phi) is 64.2. The SMILES string of the molecule is CC/C=C\C/C=C\C/C=C\CCCCCCCC(=O)OC(COC(=O)CCCCCCCCCCCCCCCC)COC(=O)CCCCCCCCCCCCCCCCCCCCC/C=C\C/C=C\CCCCCCC. The van der Waals surface area contributed by atoms with Crippen LogP contribution >= 0.6 is 0 Å². The lowest BCUT2D eigenvalue weighted by molar-refractivity contribution is -0.167. The summed E-state index contributed by atoms with van der Waals surface area (Å²) in [6, 6.07) is 0. The second kappa shape index (κ2) is 66.6. The summed E-state index contributed by atoms with van der Waals surface area (Å²) in [6.07, 6.45) is 85.4. The number of hydrogen-bond acceptors (Lipinski definition) is 6. The standard InChI is InChI=1S/C72H130O6/c1-4-7-10-13-16-19-22-25-28-29-30-31-32-33-34-35-36-37-38-39-40-41-42-43-45-47-50-53-56-59-62-65-71(74)77-68-69(67-76-70(73)64-61-58-55-52-49-46-27-24-21-18-15-12-9-6-3)78-72(75)66-63-60-57-54-51-48-44-26-23-20-17-14-11-8-5-2/h8,11,17,20,22,25-26,29-30,44,69H,4-7,9-10,12-16,18-19,21,23-24,27-28,31-43,45-68H2,1-3H3/b11-8-,20-17-,25-22-,30-29-,44-26-. The molecule has 0 rings (SSSR count). The molecule has 78 heavy (non-hydrogen) atoms. The summed E-state index contributed by atoms with van der Waals surface area (Å²) in [5, 5.41) is 0. The second-order valence-corrected chi connectivity index (χ2v) is 23.1. The van der Waals surface area contributed by atoms with E-state index in [9.17, 15) is 14.4 Å². The van der Waals surface area contributed by atoms with E-state index in [1.165, 1.54) is 218 Å². The summed E-state index contributed by atoms with van der Waals surface area (Å²) in [5.41, 5.74) is 0. The number of esters is 3. The Hall–Kier alpha value is -2.89. The zero-order valence-corrected chi connectivity index (χ0v) is 52.2. The topological polar surface area (TPSA) is 78.9 Å². The van der Waals surface area contributed by atoms with Gasteiger partial charge in [0.25, 0.3) is 0 Å². The Morgan fingerprint density at radius 3 is 0.782 bits per heavy atom. The molecule has 0 fully saturated rings. The third kappa shape index (κ3) is 63.9. The maximum atomic E-state index is 12.9. The monoisotopic (exact) mass is 1090 g/mol. The molecule has 0 N–H and O–H groups in total. The normalized spacial score (nSPS) is 12.4. The highest BCUT2D eigenvalue weighted by molar-refractivity contribution is 5.71. The molecule has 0 aliphatic carbocycles. The molecule has 1 atom stereocenters. The fourth-order valence-corrected chi connectivity index (χ4v) is 10.1. The van der Waals surface area contributed by atoms with E-state index in [-0.39, 0.29) is 31.1 Å². The van der Waals surface area contributed by atoms with E-state index >= 15 is 0 Å². The minimum atomic E-state index is -0.781. The van der Waals surface area contributed by atoms with Gasteiger partial charge in [-0.15, -0.1) is 0 Å². The number of carbonyl (C=O) groups is 3. The predicted octanol–water partition coefficient (Wildman–Crippen LogP) is 23.5. The summed E-state index contributed by atoms with van der Waals surface area (Å²) in [4.78, 5) is 38.3. The van der Waals surface area contributed by atoms with Crippen LogP contribution in [0.25, 0.3) is 0 Å². The van der Waals surface area contributed by atoms with Crippen molar-refractivity contribution in [2.45, 2.75) is 367 Å². The van der Waals surface area contributed by atoms with Gasteiger partial charge in [-0.2, -0.15) is 0 Å². The maximum Gasteiger partial charge on any atom is 0.306 e. The molecule has 0 spiro atoms. The van der Waals surface area contributed by atoms with Gasteiger partial charge in [0.1, 0.15) is 13.2 Å². The highest BCUT2D eigenvalue weighted by Crippen LogP contribution is 2.18. The Morgan fingerprint density at radius 1 is 0.269 bits per heavy atom. The molecule has 454 valence electrons. The summed E-state index contributed by atoms with van der Waals surface area (Å²) < 4.78 is 16.9. The van der Waals surface area contributed by atoms with E-state index in [0.29, 0.717) is 19.3 Å². The minimum Gasteiger partial charge on any atom is -0.462 e. The van der Waals surface area contributed by atoms with Gasteiger partial charge in [0.15, 0.2) is 6.10 Å². The van der Waals surface area contributed by atoms with Gasteiger partial charge in [-0.25, -0.2) is 0 Å². The minimum absolute atomic E-state index is 0.0765. The van der Waals surface area contributed by atoms with Crippen LogP contribution in [0, 0.1) is 0 Å². The molecule has 0 aromatic rings. The summed E-state index contributed by atoms with van der Waals surface area (Å²) >= 11 is 0. The molecule has 0 saturated heterocycles. The van der Waals surface area contributed by atoms with Crippen molar-refractivity contribution in [3.05, 3.63) is 60.8 Å². The smallest absolute Gasteiger partial charge is 0.306 e. The summed E-state index contributed by atoms with van der Waals surface area (Å²) in [6.45, 7) is 6.56. The van der Waals surface area contributed by atoms with Crippen LogP contribution in [0.15, 0.2) is 60.8 Å². The van der Waals surface area contributed by atoms with Gasteiger partial charge in [0.05, 0.1) is 0 Å². The zero-order valence-electron chi connectivity index (χ0n) is 52.2. The highest BCUT2D eigenvalue weighted by Gasteiger charge is 2.19. The average Bonchev–Trinajstić information content (AvgIpc) is 3.44.